The number of nitrogens with zero attached hydrogens (tertiary/aromatic N) is 1. The van der Waals surface area contributed by atoms with Gasteiger partial charge in [-0.05, 0) is 0 Å². The van der Waals surface area contributed by atoms with Gasteiger partial charge in [-0.1, -0.05) is 0 Å². The van der Waals surface area contributed by atoms with Crippen LogP contribution < -0.4 is 5.32 Å². The molecule has 0 spiro atoms. The minimum atomic E-state index is -1.53. The standard InChI is InChI=1S/C20H18N2O2Se/c1-25-19-15(13-21)12-17(18(23)14-8-4-2-5-9-14)20(24,22-19)16-10-6-3-7-11-16/h2-11,17,22,24H,12H2,1H3. The Bertz CT molecular complexity index is 843. The van der Waals surface area contributed by atoms with Crippen molar-refractivity contribution in [2.45, 2.75) is 18.0 Å². The molecule has 0 fully saturated rings. The third-order valence-electron chi connectivity index (χ3n) is 4.42. The topological polar surface area (TPSA) is 73.1 Å². The zero-order chi connectivity index (χ0) is 17.9. The maximum absolute atomic E-state index is 13.1. The maximum atomic E-state index is 13.1. The van der Waals surface area contributed by atoms with E-state index in [9.17, 15) is 15.2 Å². The van der Waals surface area contributed by atoms with Crippen molar-refractivity contribution in [1.29, 1.82) is 5.26 Å². The van der Waals surface area contributed by atoms with Crippen LogP contribution in [0.4, 0.5) is 0 Å². The van der Waals surface area contributed by atoms with Crippen LogP contribution in [0.15, 0.2) is 70.8 Å². The molecule has 1 heterocycles. The Morgan fingerprint density at radius 2 is 1.80 bits per heavy atom. The summed E-state index contributed by atoms with van der Waals surface area (Å²) in [6, 6.07) is 20.3. The molecule has 2 atom stereocenters. The van der Waals surface area contributed by atoms with E-state index in [-0.39, 0.29) is 27.2 Å². The van der Waals surface area contributed by atoms with Crippen LogP contribution in [-0.4, -0.2) is 25.8 Å². The third kappa shape index (κ3) is 3.25. The molecule has 1 aliphatic heterocycles. The number of hydrogen-bond acceptors (Lipinski definition) is 4. The summed E-state index contributed by atoms with van der Waals surface area (Å²) in [4.78, 5) is 13.1. The van der Waals surface area contributed by atoms with E-state index < -0.39 is 11.6 Å². The summed E-state index contributed by atoms with van der Waals surface area (Å²) < 4.78 is 0.749. The van der Waals surface area contributed by atoms with E-state index in [4.69, 9.17) is 0 Å². The Kier molecular flexibility index (Phi) is 5.05. The fourth-order valence-electron chi connectivity index (χ4n) is 3.10. The molecule has 0 saturated heterocycles. The fraction of sp³-hybridized carbons (Fsp3) is 0.200. The summed E-state index contributed by atoms with van der Waals surface area (Å²) >= 11 is 0.00852. The molecule has 0 amide bonds. The molecule has 0 bridgehead atoms. The number of hydrogen-bond donors (Lipinski definition) is 2. The molecule has 0 saturated carbocycles. The van der Waals surface area contributed by atoms with Crippen molar-refractivity contribution in [3.05, 3.63) is 82.0 Å². The molecule has 4 nitrogen and oxygen atoms in total. The molecular weight excluding hydrogens is 379 g/mol. The van der Waals surface area contributed by atoms with Crippen LogP contribution in [0.25, 0.3) is 0 Å². The first-order valence-corrected chi connectivity index (χ1v) is 10.5. The Morgan fingerprint density at radius 1 is 1.20 bits per heavy atom. The van der Waals surface area contributed by atoms with Crippen molar-refractivity contribution in [2.75, 3.05) is 0 Å². The van der Waals surface area contributed by atoms with Crippen LogP contribution in [-0.2, 0) is 5.72 Å². The zero-order valence-electron chi connectivity index (χ0n) is 13.8. The van der Waals surface area contributed by atoms with Crippen LogP contribution in [0.5, 0.6) is 0 Å². The van der Waals surface area contributed by atoms with Crippen molar-refractivity contribution in [3.8, 4) is 6.07 Å². The Labute approximate surface area is 153 Å². The van der Waals surface area contributed by atoms with Gasteiger partial charge in [0.15, 0.2) is 0 Å². The molecule has 2 aromatic rings. The first-order chi connectivity index (χ1) is 12.1. The second kappa shape index (κ2) is 7.24. The summed E-state index contributed by atoms with van der Waals surface area (Å²) in [6.07, 6.45) is 0.230. The summed E-state index contributed by atoms with van der Waals surface area (Å²) in [7, 11) is 0. The fourth-order valence-corrected chi connectivity index (χ4v) is 4.43. The number of rotatable bonds is 4. The van der Waals surface area contributed by atoms with Crippen molar-refractivity contribution >= 4 is 20.7 Å². The van der Waals surface area contributed by atoms with E-state index in [1.54, 1.807) is 36.4 Å². The normalized spacial score (nSPS) is 22.8. The summed E-state index contributed by atoms with van der Waals surface area (Å²) in [6.45, 7) is 0. The quantitative estimate of drug-likeness (QED) is 0.615. The second-order valence-corrected chi connectivity index (χ2v) is 7.58. The predicted molar refractivity (Wildman–Crippen MR) is 96.6 cm³/mol. The van der Waals surface area contributed by atoms with Gasteiger partial charge in [-0.15, -0.1) is 0 Å². The number of Topliss-reactive ketones (excluding diaryl/α,β-unsaturated/α-hetero) is 1. The molecular formula is C20H18N2O2Se. The Morgan fingerprint density at radius 3 is 2.36 bits per heavy atom. The number of carbonyl (C=O) groups is 1. The number of ketones is 1. The molecule has 2 unspecified atom stereocenters. The van der Waals surface area contributed by atoms with Crippen LogP contribution in [0.1, 0.15) is 22.3 Å². The average Bonchev–Trinajstić information content (AvgIpc) is 2.68. The van der Waals surface area contributed by atoms with E-state index in [0.29, 0.717) is 16.7 Å². The molecule has 25 heavy (non-hydrogen) atoms. The van der Waals surface area contributed by atoms with Gasteiger partial charge in [0.25, 0.3) is 0 Å². The monoisotopic (exact) mass is 398 g/mol. The number of nitrogens with one attached hydrogen (secondary N) is 1. The summed E-state index contributed by atoms with van der Waals surface area (Å²) in [5.41, 5.74) is 0.188. The van der Waals surface area contributed by atoms with Gasteiger partial charge in [0, 0.05) is 0 Å². The summed E-state index contributed by atoms with van der Waals surface area (Å²) in [5, 5.41) is 24.1. The van der Waals surface area contributed by atoms with Gasteiger partial charge < -0.3 is 0 Å². The Balaban J connectivity index is 2.11. The number of benzene rings is 2. The van der Waals surface area contributed by atoms with Gasteiger partial charge in [-0.25, -0.2) is 0 Å². The summed E-state index contributed by atoms with van der Waals surface area (Å²) in [5.74, 6) is 1.05. The van der Waals surface area contributed by atoms with Gasteiger partial charge >= 0.3 is 153 Å². The van der Waals surface area contributed by atoms with Gasteiger partial charge in [0.05, 0.1) is 0 Å². The van der Waals surface area contributed by atoms with E-state index in [2.05, 4.69) is 11.4 Å². The van der Waals surface area contributed by atoms with Crippen LogP contribution in [0, 0.1) is 17.2 Å². The zero-order valence-corrected chi connectivity index (χ0v) is 15.5. The number of aliphatic hydroxyl groups is 1. The van der Waals surface area contributed by atoms with Gasteiger partial charge in [-0.2, -0.15) is 0 Å². The molecule has 5 heteroatoms. The minimum absolute atomic E-state index is 0.00852. The van der Waals surface area contributed by atoms with E-state index in [1.807, 2.05) is 30.1 Å². The van der Waals surface area contributed by atoms with Crippen LogP contribution in [0.3, 0.4) is 0 Å². The molecule has 0 aliphatic carbocycles. The number of allylic oxidation sites excluding steroid dienone is 1. The first-order valence-electron chi connectivity index (χ1n) is 7.92. The SMILES string of the molecule is C[Se]C1=C(C#N)CC(C(=O)c2ccccc2)C(O)(c2ccccc2)N1. The van der Waals surface area contributed by atoms with Crippen molar-refractivity contribution in [1.82, 2.24) is 5.32 Å². The van der Waals surface area contributed by atoms with E-state index in [1.165, 1.54) is 0 Å². The van der Waals surface area contributed by atoms with Crippen molar-refractivity contribution in [2.24, 2.45) is 5.92 Å². The average molecular weight is 397 g/mol. The molecule has 2 N–H and O–H groups in total. The van der Waals surface area contributed by atoms with Gasteiger partial charge in [-0.3, -0.25) is 0 Å². The van der Waals surface area contributed by atoms with Crippen LogP contribution in [0.2, 0.25) is 5.82 Å². The van der Waals surface area contributed by atoms with E-state index in [0.717, 1.165) is 4.60 Å². The number of nitriles is 1. The Hall–Kier alpha value is -2.38. The van der Waals surface area contributed by atoms with Crippen molar-refractivity contribution < 1.29 is 9.90 Å². The van der Waals surface area contributed by atoms with Gasteiger partial charge in [0.1, 0.15) is 0 Å². The van der Waals surface area contributed by atoms with Gasteiger partial charge in [0.2, 0.25) is 0 Å². The van der Waals surface area contributed by atoms with Crippen molar-refractivity contribution in [3.63, 3.8) is 0 Å². The molecule has 0 aromatic heterocycles. The van der Waals surface area contributed by atoms with E-state index >= 15 is 0 Å². The molecule has 1 aliphatic rings. The second-order valence-electron chi connectivity index (χ2n) is 5.87. The first kappa shape index (κ1) is 17.4. The third-order valence-corrected chi connectivity index (χ3v) is 6.01. The molecule has 126 valence electrons. The van der Waals surface area contributed by atoms with Crippen LogP contribution >= 0.6 is 0 Å². The molecule has 2 aromatic carbocycles. The predicted octanol–water partition coefficient (Wildman–Crippen LogP) is 2.81. The molecule has 0 radical (unpaired) electrons. The molecule has 3 rings (SSSR count). The number of carbonyl (C=O) groups excluding carboxylic acids is 1.